The van der Waals surface area contributed by atoms with Gasteiger partial charge in [0.05, 0.1) is 15.5 Å². The molecule has 0 aromatic rings. The van der Waals surface area contributed by atoms with Crippen LogP contribution in [0, 0.1) is 10.1 Å². The van der Waals surface area contributed by atoms with Gasteiger partial charge in [-0.2, -0.15) is 0 Å². The summed E-state index contributed by atoms with van der Waals surface area (Å²) >= 11 is 0. The molecule has 0 heterocycles. The van der Waals surface area contributed by atoms with Crippen molar-refractivity contribution in [3.05, 3.63) is 33.7 Å². The van der Waals surface area contributed by atoms with E-state index < -0.39 is 37.0 Å². The predicted molar refractivity (Wildman–Crippen MR) is 48.9 cm³/mol. The summed E-state index contributed by atoms with van der Waals surface area (Å²) in [4.78, 5) is 19.4. The molecule has 0 bridgehead atoms. The Morgan fingerprint density at radius 2 is 1.94 bits per heavy atom. The van der Waals surface area contributed by atoms with Crippen molar-refractivity contribution in [1.82, 2.24) is 0 Å². The smallest absolute Gasteiger partial charge is 0.757 e. The average Bonchev–Trinajstić information content (AvgIpc) is 2.00. The number of carbonyl (C=O) groups is 1. The molecule has 0 aliphatic heterocycles. The predicted octanol–water partition coefficient (Wildman–Crippen LogP) is -4.36. The summed E-state index contributed by atoms with van der Waals surface area (Å²) in [6, 6.07) is 0. The molecule has 1 aliphatic carbocycles. The molecular formula is C6H5LiN2O6S. The SMILES string of the molecule is NC1=CC(=O)C([N+](=O)[O-])=CC1=S(=O)([O-])O.[Li+]. The van der Waals surface area contributed by atoms with E-state index in [0.29, 0.717) is 12.2 Å². The molecular weight excluding hydrogens is 235 g/mol. The van der Waals surface area contributed by atoms with Crippen LogP contribution in [-0.2, 0) is 14.9 Å². The van der Waals surface area contributed by atoms with Crippen LogP contribution in [0.2, 0.25) is 0 Å². The van der Waals surface area contributed by atoms with E-state index in [2.05, 4.69) is 0 Å². The zero-order chi connectivity index (χ0) is 11.8. The molecule has 1 aliphatic rings. The molecule has 16 heavy (non-hydrogen) atoms. The molecule has 1 unspecified atom stereocenters. The maximum atomic E-state index is 11.0. The molecule has 1 rings (SSSR count). The van der Waals surface area contributed by atoms with Crippen LogP contribution in [0.25, 0.3) is 0 Å². The third-order valence-corrected chi connectivity index (χ3v) is 2.48. The molecule has 3 N–H and O–H groups in total. The molecule has 0 aromatic carbocycles. The third-order valence-electron chi connectivity index (χ3n) is 1.57. The third kappa shape index (κ3) is 2.94. The number of nitro groups is 1. The summed E-state index contributed by atoms with van der Waals surface area (Å²) < 4.78 is 30.0. The number of hydrogen-bond donors (Lipinski definition) is 2. The first-order valence-electron chi connectivity index (χ1n) is 3.46. The zero-order valence-corrected chi connectivity index (χ0v) is 8.89. The van der Waals surface area contributed by atoms with Gasteiger partial charge in [0.2, 0.25) is 0 Å². The fourth-order valence-electron chi connectivity index (χ4n) is 0.931. The fraction of sp³-hybridized carbons (Fsp3) is 0. The van der Waals surface area contributed by atoms with E-state index in [4.69, 9.17) is 10.3 Å². The van der Waals surface area contributed by atoms with Crippen LogP contribution in [0.5, 0.6) is 0 Å². The van der Waals surface area contributed by atoms with Crippen LogP contribution < -0.4 is 24.6 Å². The first kappa shape index (κ1) is 14.9. The molecule has 0 saturated carbocycles. The van der Waals surface area contributed by atoms with Crippen molar-refractivity contribution >= 4 is 20.7 Å². The van der Waals surface area contributed by atoms with Gasteiger partial charge in [-0.05, 0) is 0 Å². The molecule has 10 heteroatoms. The number of carbonyl (C=O) groups excluding carboxylic acids is 1. The van der Waals surface area contributed by atoms with Crippen LogP contribution in [0.3, 0.4) is 0 Å². The summed E-state index contributed by atoms with van der Waals surface area (Å²) in [7, 11) is -4.67. The second kappa shape index (κ2) is 4.81. The van der Waals surface area contributed by atoms with Crippen molar-refractivity contribution < 1.29 is 41.9 Å². The molecule has 0 saturated heterocycles. The Morgan fingerprint density at radius 1 is 1.44 bits per heavy atom. The van der Waals surface area contributed by atoms with Gasteiger partial charge in [0, 0.05) is 22.2 Å². The summed E-state index contributed by atoms with van der Waals surface area (Å²) in [6.45, 7) is 0. The first-order valence-corrected chi connectivity index (χ1v) is 4.90. The summed E-state index contributed by atoms with van der Waals surface area (Å²) in [5, 5.41) is 10.3. The Balaban J connectivity index is 0.00000225. The van der Waals surface area contributed by atoms with E-state index in [0.717, 1.165) is 0 Å². The number of rotatable bonds is 1. The fourth-order valence-corrected chi connectivity index (χ4v) is 1.55. The van der Waals surface area contributed by atoms with E-state index in [9.17, 15) is 23.7 Å². The van der Waals surface area contributed by atoms with Gasteiger partial charge in [-0.15, -0.1) is 0 Å². The second-order valence-electron chi connectivity index (χ2n) is 2.59. The van der Waals surface area contributed by atoms with Crippen molar-refractivity contribution in [3.8, 4) is 0 Å². The van der Waals surface area contributed by atoms with Crippen molar-refractivity contribution in [2.24, 2.45) is 5.73 Å². The minimum Gasteiger partial charge on any atom is -0.757 e. The zero-order valence-electron chi connectivity index (χ0n) is 8.08. The summed E-state index contributed by atoms with van der Waals surface area (Å²) in [6.07, 6.45) is 0.994. The summed E-state index contributed by atoms with van der Waals surface area (Å²) in [5.41, 5.74) is 3.62. The summed E-state index contributed by atoms with van der Waals surface area (Å²) in [5.74, 6) is -1.02. The maximum absolute atomic E-state index is 11.0. The quantitative estimate of drug-likeness (QED) is 0.203. The van der Waals surface area contributed by atoms with Gasteiger partial charge in [-0.1, -0.05) is 0 Å². The van der Waals surface area contributed by atoms with Gasteiger partial charge in [-0.25, -0.2) is 0 Å². The van der Waals surface area contributed by atoms with E-state index in [1.165, 1.54) is 0 Å². The topological polar surface area (TPSA) is 147 Å². The number of hydrogen-bond acceptors (Lipinski definition) is 6. The van der Waals surface area contributed by atoms with Gasteiger partial charge < -0.3 is 14.8 Å². The Hall–Kier alpha value is -1.11. The van der Waals surface area contributed by atoms with Crippen LogP contribution in [-0.4, -0.2) is 28.9 Å². The van der Waals surface area contributed by atoms with Crippen LogP contribution in [0.1, 0.15) is 0 Å². The molecule has 0 radical (unpaired) electrons. The number of allylic oxidation sites excluding steroid dienone is 2. The molecule has 0 spiro atoms. The number of nitrogens with two attached hydrogens (primary N) is 1. The van der Waals surface area contributed by atoms with Gasteiger partial charge in [-0.3, -0.25) is 19.1 Å². The monoisotopic (exact) mass is 240 g/mol. The minimum atomic E-state index is -4.67. The van der Waals surface area contributed by atoms with Crippen LogP contribution in [0.4, 0.5) is 0 Å². The van der Waals surface area contributed by atoms with E-state index in [1.807, 2.05) is 0 Å². The van der Waals surface area contributed by atoms with Crippen LogP contribution in [0.15, 0.2) is 23.5 Å². The average molecular weight is 240 g/mol. The van der Waals surface area contributed by atoms with Gasteiger partial charge >= 0.3 is 24.6 Å². The Kier molecular flexibility index (Phi) is 4.48. The van der Waals surface area contributed by atoms with Crippen molar-refractivity contribution in [3.63, 3.8) is 0 Å². The van der Waals surface area contributed by atoms with Crippen LogP contribution >= 0.6 is 0 Å². The van der Waals surface area contributed by atoms with E-state index in [1.54, 1.807) is 0 Å². The maximum Gasteiger partial charge on any atom is 1.00 e. The van der Waals surface area contributed by atoms with Crippen molar-refractivity contribution in [2.75, 3.05) is 0 Å². The Labute approximate surface area is 102 Å². The molecule has 82 valence electrons. The molecule has 8 nitrogen and oxygen atoms in total. The second-order valence-corrected chi connectivity index (χ2v) is 3.98. The molecule has 0 fully saturated rings. The number of ketones is 1. The van der Waals surface area contributed by atoms with Crippen molar-refractivity contribution in [1.29, 1.82) is 0 Å². The van der Waals surface area contributed by atoms with Gasteiger partial charge in [0.15, 0.2) is 0 Å². The first-order chi connectivity index (χ1) is 6.73. The normalized spacial score (nSPS) is 19.1. The Morgan fingerprint density at radius 3 is 2.31 bits per heavy atom. The molecule has 0 amide bonds. The number of nitrogens with zero attached hydrogens (tertiary/aromatic N) is 1. The van der Waals surface area contributed by atoms with Gasteiger partial charge in [0.1, 0.15) is 0 Å². The van der Waals surface area contributed by atoms with E-state index in [-0.39, 0.29) is 18.9 Å². The van der Waals surface area contributed by atoms with Gasteiger partial charge in [0.25, 0.3) is 5.78 Å². The molecule has 0 aromatic heterocycles. The Bertz CT molecular complexity index is 519. The van der Waals surface area contributed by atoms with Crippen molar-refractivity contribution in [2.45, 2.75) is 0 Å². The molecule has 1 atom stereocenters. The standard InChI is InChI=1S/C6H6N2O6S.Li/c7-3-1-5(9)4(8(10)11)2-6(3)15(12,13)14;/h1-2H,7H2,(H2,12,13,14);/q;+1/p-1. The minimum absolute atomic E-state index is 0. The van der Waals surface area contributed by atoms with E-state index >= 15 is 0 Å². The largest absolute Gasteiger partial charge is 1.00 e.